The van der Waals surface area contributed by atoms with Crippen molar-refractivity contribution in [2.75, 3.05) is 14.2 Å². The molecule has 0 N–H and O–H groups in total. The zero-order chi connectivity index (χ0) is 21.6. The summed E-state index contributed by atoms with van der Waals surface area (Å²) in [6.07, 6.45) is 0.0696. The number of benzene rings is 2. The highest BCUT2D eigenvalue weighted by Gasteiger charge is 2.32. The molecule has 2 rings (SSSR count). The van der Waals surface area contributed by atoms with Crippen LogP contribution in [0.2, 0.25) is 0 Å². The monoisotopic (exact) mass is 434 g/mol. The largest absolute Gasteiger partial charge is 0.496 e. The van der Waals surface area contributed by atoms with Gasteiger partial charge in [-0.05, 0) is 37.1 Å². The minimum absolute atomic E-state index is 0.0696. The average molecular weight is 435 g/mol. The Bertz CT molecular complexity index is 725. The third kappa shape index (κ3) is 6.64. The van der Waals surface area contributed by atoms with Gasteiger partial charge in [0.15, 0.2) is 0 Å². The van der Waals surface area contributed by atoms with E-state index in [9.17, 15) is 0 Å². The molecule has 0 saturated carbocycles. The summed E-state index contributed by atoms with van der Waals surface area (Å²) >= 11 is 1.99. The Hall–Kier alpha value is -1.22. The molecule has 0 fully saturated rings. The van der Waals surface area contributed by atoms with E-state index in [1.807, 2.05) is 48.2 Å². The minimum atomic E-state index is -1.11. The van der Waals surface area contributed by atoms with Gasteiger partial charge in [-0.25, -0.2) is 0 Å². The Morgan fingerprint density at radius 1 is 0.793 bits per heavy atom. The van der Waals surface area contributed by atoms with Gasteiger partial charge in [-0.1, -0.05) is 58.9 Å². The van der Waals surface area contributed by atoms with Crippen LogP contribution in [-0.2, 0) is 4.52 Å². The van der Waals surface area contributed by atoms with Crippen molar-refractivity contribution in [3.63, 3.8) is 0 Å². The summed E-state index contributed by atoms with van der Waals surface area (Å²) in [5.41, 5.74) is 0. The number of para-hydroxylation sites is 2. The van der Waals surface area contributed by atoms with Crippen LogP contribution in [0.1, 0.15) is 41.5 Å². The number of hydrogen-bond acceptors (Lipinski definition) is 4. The molecule has 2 aromatic rings. The van der Waals surface area contributed by atoms with Gasteiger partial charge in [0.2, 0.25) is 0 Å². The predicted molar refractivity (Wildman–Crippen MR) is 129 cm³/mol. The fraction of sp³-hybridized carbons (Fsp3) is 0.500. The van der Waals surface area contributed by atoms with Gasteiger partial charge in [-0.3, -0.25) is 0 Å². The Balaban J connectivity index is 2.47. The number of ether oxygens (including phenoxy) is 2. The molecule has 2 atom stereocenters. The number of hydrogen-bond donors (Lipinski definition) is 0. The van der Waals surface area contributed by atoms with Crippen molar-refractivity contribution in [1.29, 1.82) is 0 Å². The molecule has 0 bridgehead atoms. The molecule has 0 spiro atoms. The Kier molecular flexibility index (Phi) is 8.88. The summed E-state index contributed by atoms with van der Waals surface area (Å²) in [4.78, 5) is 0. The molecule has 0 amide bonds. The topological polar surface area (TPSA) is 27.7 Å². The average Bonchev–Trinajstić information content (AvgIpc) is 2.69. The fourth-order valence-corrected chi connectivity index (χ4v) is 6.79. The lowest BCUT2D eigenvalue weighted by atomic mass is 10.1. The maximum absolute atomic E-state index is 6.86. The van der Waals surface area contributed by atoms with Crippen LogP contribution in [0.25, 0.3) is 0 Å². The maximum atomic E-state index is 6.86. The first kappa shape index (κ1) is 24.1. The summed E-state index contributed by atoms with van der Waals surface area (Å²) in [5, 5.41) is 2.53. The standard InChI is InChI=1S/C24H35O3PS/c1-17(2)23(29-24(4,5)6)18(3)27-28(21-15-11-9-13-19(21)25-7)22-16-12-10-14-20(22)26-8/h9-18,23H,1-8H3/t18-,23+/m0/s1. The highest BCUT2D eigenvalue weighted by atomic mass is 32.2. The van der Waals surface area contributed by atoms with E-state index in [1.54, 1.807) is 14.2 Å². The van der Waals surface area contributed by atoms with Crippen LogP contribution >= 0.6 is 19.9 Å². The van der Waals surface area contributed by atoms with E-state index < -0.39 is 8.15 Å². The number of thioether (sulfide) groups is 1. The number of methoxy groups -OCH3 is 2. The summed E-state index contributed by atoms with van der Waals surface area (Å²) in [7, 11) is 2.32. The normalized spacial score (nSPS) is 14.1. The summed E-state index contributed by atoms with van der Waals surface area (Å²) < 4.78 is 18.4. The van der Waals surface area contributed by atoms with Crippen LogP contribution < -0.4 is 20.1 Å². The van der Waals surface area contributed by atoms with E-state index >= 15 is 0 Å². The molecule has 0 heterocycles. The smallest absolute Gasteiger partial charge is 0.129 e. The van der Waals surface area contributed by atoms with Crippen molar-refractivity contribution in [1.82, 2.24) is 0 Å². The molecule has 3 nitrogen and oxygen atoms in total. The van der Waals surface area contributed by atoms with Crippen molar-refractivity contribution < 1.29 is 14.0 Å². The molecule has 0 saturated heterocycles. The van der Waals surface area contributed by atoms with Crippen molar-refractivity contribution in [3.05, 3.63) is 48.5 Å². The second-order valence-corrected chi connectivity index (χ2v) is 12.2. The van der Waals surface area contributed by atoms with Gasteiger partial charge in [0.1, 0.15) is 11.5 Å². The van der Waals surface area contributed by atoms with Gasteiger partial charge in [0.25, 0.3) is 0 Å². The first-order valence-corrected chi connectivity index (χ1v) is 12.2. The van der Waals surface area contributed by atoms with Crippen molar-refractivity contribution in [2.45, 2.75) is 57.6 Å². The van der Waals surface area contributed by atoms with Crippen LogP contribution in [0.4, 0.5) is 0 Å². The molecule has 29 heavy (non-hydrogen) atoms. The first-order valence-electron chi connectivity index (χ1n) is 10.1. The minimum Gasteiger partial charge on any atom is -0.496 e. The van der Waals surface area contributed by atoms with E-state index in [1.165, 1.54) is 0 Å². The zero-order valence-electron chi connectivity index (χ0n) is 18.9. The lowest BCUT2D eigenvalue weighted by molar-refractivity contribution is 0.227. The zero-order valence-corrected chi connectivity index (χ0v) is 20.6. The van der Waals surface area contributed by atoms with Crippen molar-refractivity contribution in [2.24, 2.45) is 5.92 Å². The van der Waals surface area contributed by atoms with E-state index in [0.717, 1.165) is 22.1 Å². The fourth-order valence-electron chi connectivity index (χ4n) is 3.25. The van der Waals surface area contributed by atoms with Crippen LogP contribution in [0, 0.1) is 5.92 Å². The van der Waals surface area contributed by atoms with E-state index in [2.05, 4.69) is 53.7 Å². The van der Waals surface area contributed by atoms with Gasteiger partial charge in [0, 0.05) is 20.6 Å². The quantitative estimate of drug-likeness (QED) is 0.452. The lowest BCUT2D eigenvalue weighted by Gasteiger charge is -2.35. The summed E-state index contributed by atoms with van der Waals surface area (Å²) in [5.74, 6) is 2.20. The van der Waals surface area contributed by atoms with Gasteiger partial charge in [-0.2, -0.15) is 0 Å². The van der Waals surface area contributed by atoms with Gasteiger partial charge in [-0.15, -0.1) is 11.8 Å². The Morgan fingerprint density at radius 3 is 1.62 bits per heavy atom. The molecule has 0 aromatic heterocycles. The molecule has 0 radical (unpaired) electrons. The highest BCUT2D eigenvalue weighted by Crippen LogP contribution is 2.45. The lowest BCUT2D eigenvalue weighted by Crippen LogP contribution is -2.33. The molecular weight excluding hydrogens is 399 g/mol. The van der Waals surface area contributed by atoms with Gasteiger partial charge in [0.05, 0.1) is 28.5 Å². The second kappa shape index (κ2) is 10.7. The maximum Gasteiger partial charge on any atom is 0.129 e. The molecule has 5 heteroatoms. The van der Waals surface area contributed by atoms with E-state index in [4.69, 9.17) is 14.0 Å². The first-order chi connectivity index (χ1) is 13.7. The van der Waals surface area contributed by atoms with Crippen LogP contribution in [0.15, 0.2) is 48.5 Å². The molecule has 0 unspecified atom stereocenters. The Labute approximate surface area is 182 Å². The third-order valence-electron chi connectivity index (χ3n) is 4.49. The molecule has 0 aliphatic rings. The summed E-state index contributed by atoms with van der Waals surface area (Å²) in [6, 6.07) is 16.3. The molecule has 2 aromatic carbocycles. The number of rotatable bonds is 9. The van der Waals surface area contributed by atoms with Crippen molar-refractivity contribution in [3.8, 4) is 11.5 Å². The molecular formula is C24H35O3PS. The third-order valence-corrected chi connectivity index (χ3v) is 8.55. The van der Waals surface area contributed by atoms with Crippen LogP contribution in [-0.4, -0.2) is 30.3 Å². The molecule has 160 valence electrons. The second-order valence-electron chi connectivity index (χ2n) is 8.39. The SMILES string of the molecule is COc1ccccc1P(O[C@@H](C)[C@H](SC(C)(C)C)C(C)C)c1ccccc1OC. The van der Waals surface area contributed by atoms with Crippen LogP contribution in [0.5, 0.6) is 11.5 Å². The molecule has 0 aliphatic carbocycles. The van der Waals surface area contributed by atoms with Gasteiger partial charge < -0.3 is 14.0 Å². The van der Waals surface area contributed by atoms with E-state index in [0.29, 0.717) is 11.2 Å². The van der Waals surface area contributed by atoms with Crippen molar-refractivity contribution >= 4 is 30.5 Å². The predicted octanol–water partition coefficient (Wildman–Crippen LogP) is 6.01. The van der Waals surface area contributed by atoms with Gasteiger partial charge >= 0.3 is 0 Å². The highest BCUT2D eigenvalue weighted by molar-refractivity contribution is 8.01. The van der Waals surface area contributed by atoms with Crippen LogP contribution in [0.3, 0.4) is 0 Å². The Morgan fingerprint density at radius 2 is 1.24 bits per heavy atom. The molecule has 0 aliphatic heterocycles. The van der Waals surface area contributed by atoms with E-state index in [-0.39, 0.29) is 10.9 Å². The summed E-state index contributed by atoms with van der Waals surface area (Å²) in [6.45, 7) is 13.5.